The maximum atomic E-state index is 12.8. The molecule has 1 unspecified atom stereocenters. The molecule has 136 valence electrons. The van der Waals surface area contributed by atoms with E-state index in [9.17, 15) is 9.59 Å². The number of likely N-dealkylation sites (tertiary alicyclic amines) is 1. The van der Waals surface area contributed by atoms with E-state index in [0.717, 1.165) is 19.4 Å². The van der Waals surface area contributed by atoms with Gasteiger partial charge in [0.05, 0.1) is 0 Å². The Morgan fingerprint density at radius 2 is 2.15 bits per heavy atom. The zero-order valence-corrected chi connectivity index (χ0v) is 14.8. The molecule has 1 fully saturated rings. The van der Waals surface area contributed by atoms with Crippen LogP contribution in [-0.4, -0.2) is 39.9 Å². The number of hydrogen-bond acceptors (Lipinski definition) is 5. The van der Waals surface area contributed by atoms with Gasteiger partial charge in [0, 0.05) is 37.7 Å². The second-order valence-electron chi connectivity index (χ2n) is 6.46. The first-order valence-electron chi connectivity index (χ1n) is 8.67. The Bertz CT molecular complexity index is 797. The summed E-state index contributed by atoms with van der Waals surface area (Å²) in [7, 11) is 0. The zero-order chi connectivity index (χ0) is 18.5. The van der Waals surface area contributed by atoms with Crippen molar-refractivity contribution < 1.29 is 14.1 Å². The van der Waals surface area contributed by atoms with Crippen LogP contribution in [0.15, 0.2) is 41.4 Å². The number of aromatic nitrogens is 2. The molecule has 0 aliphatic carbocycles. The minimum absolute atomic E-state index is 0.000546. The average molecular weight is 354 g/mol. The van der Waals surface area contributed by atoms with E-state index in [1.54, 1.807) is 31.2 Å². The van der Waals surface area contributed by atoms with Crippen molar-refractivity contribution in [1.82, 2.24) is 15.0 Å². The van der Waals surface area contributed by atoms with Crippen molar-refractivity contribution in [2.24, 2.45) is 5.92 Å². The van der Waals surface area contributed by atoms with Gasteiger partial charge in [0.15, 0.2) is 5.82 Å². The van der Waals surface area contributed by atoms with Crippen LogP contribution in [-0.2, 0) is 11.2 Å². The summed E-state index contributed by atoms with van der Waals surface area (Å²) in [5.41, 5.74) is 1.24. The third-order valence-corrected chi connectivity index (χ3v) is 4.43. The highest BCUT2D eigenvalue weighted by molar-refractivity contribution is 5.99. The lowest BCUT2D eigenvalue weighted by atomic mass is 9.94. The van der Waals surface area contributed by atoms with Crippen LogP contribution in [0.3, 0.4) is 0 Å². The molecule has 1 aliphatic rings. The van der Waals surface area contributed by atoms with Gasteiger partial charge in [-0.05, 0) is 49.1 Å². The first-order chi connectivity index (χ1) is 12.5. The van der Waals surface area contributed by atoms with Crippen LogP contribution in [0.1, 0.15) is 34.9 Å². The minimum atomic E-state index is -0.278. The van der Waals surface area contributed by atoms with E-state index in [0.29, 0.717) is 41.8 Å². The number of carbonyl (C=O) groups excluding carboxylic acids is 2. The van der Waals surface area contributed by atoms with E-state index in [-0.39, 0.29) is 11.8 Å². The average Bonchev–Trinajstić information content (AvgIpc) is 3.06. The van der Waals surface area contributed by atoms with Crippen LogP contribution in [0.5, 0.6) is 0 Å². The van der Waals surface area contributed by atoms with Gasteiger partial charge >= 0.3 is 0 Å². The molecule has 1 aliphatic heterocycles. The van der Waals surface area contributed by atoms with Gasteiger partial charge < -0.3 is 14.7 Å². The summed E-state index contributed by atoms with van der Waals surface area (Å²) in [6.45, 7) is 6.61. The van der Waals surface area contributed by atoms with Gasteiger partial charge in [0.2, 0.25) is 11.8 Å². The van der Waals surface area contributed by atoms with Gasteiger partial charge in [-0.25, -0.2) is 0 Å². The van der Waals surface area contributed by atoms with Crippen LogP contribution in [0.4, 0.5) is 5.69 Å². The third-order valence-electron chi connectivity index (χ3n) is 4.43. The van der Waals surface area contributed by atoms with E-state index in [1.165, 1.54) is 6.08 Å². The molecular weight excluding hydrogens is 332 g/mol. The largest absolute Gasteiger partial charge is 0.340 e. The number of hydrogen-bond donors (Lipinski definition) is 1. The summed E-state index contributed by atoms with van der Waals surface area (Å²) < 4.78 is 5.02. The minimum Gasteiger partial charge on any atom is -0.340 e. The number of nitrogens with one attached hydrogen (secondary N) is 1. The predicted molar refractivity (Wildman–Crippen MR) is 96.6 cm³/mol. The van der Waals surface area contributed by atoms with Crippen LogP contribution < -0.4 is 5.32 Å². The summed E-state index contributed by atoms with van der Waals surface area (Å²) >= 11 is 0. The van der Waals surface area contributed by atoms with Crippen molar-refractivity contribution in [2.45, 2.75) is 26.2 Å². The lowest BCUT2D eigenvalue weighted by Gasteiger charge is -2.32. The van der Waals surface area contributed by atoms with Crippen LogP contribution >= 0.6 is 0 Å². The first-order valence-corrected chi connectivity index (χ1v) is 8.67. The number of aryl methyl sites for hydroxylation is 1. The van der Waals surface area contributed by atoms with Crippen molar-refractivity contribution >= 4 is 17.5 Å². The Hall–Kier alpha value is -2.96. The van der Waals surface area contributed by atoms with Crippen LogP contribution in [0.25, 0.3) is 0 Å². The molecule has 1 saturated heterocycles. The number of amides is 2. The Morgan fingerprint density at radius 3 is 2.81 bits per heavy atom. The van der Waals surface area contributed by atoms with Gasteiger partial charge in [0.25, 0.3) is 5.91 Å². The number of carbonyl (C=O) groups is 2. The fourth-order valence-corrected chi connectivity index (χ4v) is 3.17. The maximum absolute atomic E-state index is 12.8. The summed E-state index contributed by atoms with van der Waals surface area (Å²) in [5, 5.41) is 6.62. The molecule has 7 nitrogen and oxygen atoms in total. The van der Waals surface area contributed by atoms with E-state index in [2.05, 4.69) is 22.0 Å². The van der Waals surface area contributed by atoms with E-state index in [1.807, 2.05) is 4.90 Å². The summed E-state index contributed by atoms with van der Waals surface area (Å²) in [4.78, 5) is 30.2. The van der Waals surface area contributed by atoms with Crippen LogP contribution in [0.2, 0.25) is 0 Å². The highest BCUT2D eigenvalue weighted by atomic mass is 16.5. The van der Waals surface area contributed by atoms with Crippen molar-refractivity contribution in [3.63, 3.8) is 0 Å². The fourth-order valence-electron chi connectivity index (χ4n) is 3.17. The molecule has 26 heavy (non-hydrogen) atoms. The number of anilines is 1. The highest BCUT2D eigenvalue weighted by Crippen LogP contribution is 2.22. The summed E-state index contributed by atoms with van der Waals surface area (Å²) in [6.07, 6.45) is 3.93. The van der Waals surface area contributed by atoms with Gasteiger partial charge in [-0.3, -0.25) is 9.59 Å². The molecular formula is C19H22N4O3. The smallest absolute Gasteiger partial charge is 0.253 e. The second kappa shape index (κ2) is 7.95. The molecule has 0 bridgehead atoms. The summed E-state index contributed by atoms with van der Waals surface area (Å²) in [5.74, 6) is 1.31. The lowest BCUT2D eigenvalue weighted by molar-refractivity contribution is -0.111. The molecule has 1 aromatic carbocycles. The molecule has 0 radical (unpaired) electrons. The zero-order valence-electron chi connectivity index (χ0n) is 14.8. The SMILES string of the molecule is C=CC(=O)Nc1ccc(C(=O)N2CCCC(Cc3noc(C)n3)C2)cc1. The Morgan fingerprint density at radius 1 is 1.38 bits per heavy atom. The standard InChI is InChI=1S/C19H22N4O3/c1-3-18(24)21-16-8-6-15(7-9-16)19(25)23-10-4-5-14(12-23)11-17-20-13(2)26-22-17/h3,6-9,14H,1,4-5,10-12H2,2H3,(H,21,24). The van der Waals surface area contributed by atoms with Gasteiger partial charge in [-0.1, -0.05) is 11.7 Å². The molecule has 2 amide bonds. The molecule has 1 aromatic heterocycles. The molecule has 1 N–H and O–H groups in total. The van der Waals surface area contributed by atoms with Crippen molar-refractivity contribution in [2.75, 3.05) is 18.4 Å². The Balaban J connectivity index is 1.61. The van der Waals surface area contributed by atoms with Gasteiger partial charge in [0.1, 0.15) is 0 Å². The maximum Gasteiger partial charge on any atom is 0.253 e. The molecule has 0 saturated carbocycles. The third kappa shape index (κ3) is 4.36. The van der Waals surface area contributed by atoms with Crippen molar-refractivity contribution in [3.05, 3.63) is 54.2 Å². The van der Waals surface area contributed by atoms with E-state index >= 15 is 0 Å². The predicted octanol–water partition coefficient (Wildman–Crippen LogP) is 2.60. The number of nitrogens with zero attached hydrogens (tertiary/aromatic N) is 3. The Kier molecular flexibility index (Phi) is 5.46. The molecule has 1 atom stereocenters. The lowest BCUT2D eigenvalue weighted by Crippen LogP contribution is -2.40. The van der Waals surface area contributed by atoms with E-state index < -0.39 is 0 Å². The number of piperidine rings is 1. The first kappa shape index (κ1) is 17.8. The number of rotatable bonds is 5. The topological polar surface area (TPSA) is 88.3 Å². The van der Waals surface area contributed by atoms with E-state index in [4.69, 9.17) is 4.52 Å². The fraction of sp³-hybridized carbons (Fsp3) is 0.368. The van der Waals surface area contributed by atoms with Gasteiger partial charge in [-0.15, -0.1) is 0 Å². The monoisotopic (exact) mass is 354 g/mol. The Labute approximate surface area is 152 Å². The number of benzene rings is 1. The normalized spacial score (nSPS) is 17.0. The molecule has 3 rings (SSSR count). The second-order valence-corrected chi connectivity index (χ2v) is 6.46. The molecule has 2 aromatic rings. The molecule has 7 heteroatoms. The van der Waals surface area contributed by atoms with Crippen molar-refractivity contribution in [1.29, 1.82) is 0 Å². The van der Waals surface area contributed by atoms with Gasteiger partial charge in [-0.2, -0.15) is 4.98 Å². The summed E-state index contributed by atoms with van der Waals surface area (Å²) in [6, 6.07) is 6.90. The van der Waals surface area contributed by atoms with Crippen LogP contribution in [0, 0.1) is 12.8 Å². The molecule has 0 spiro atoms. The quantitative estimate of drug-likeness (QED) is 0.834. The highest BCUT2D eigenvalue weighted by Gasteiger charge is 2.25. The molecule has 2 heterocycles. The van der Waals surface area contributed by atoms with Crippen molar-refractivity contribution in [3.8, 4) is 0 Å².